The molecule has 0 unspecified atom stereocenters. The minimum Gasteiger partial charge on any atom is -0.397 e. The number of aromatic nitrogens is 1. The van der Waals surface area contributed by atoms with Crippen molar-refractivity contribution in [1.29, 1.82) is 0 Å². The van der Waals surface area contributed by atoms with Crippen LogP contribution in [-0.4, -0.2) is 78.3 Å². The van der Waals surface area contributed by atoms with Crippen LogP contribution in [0.25, 0.3) is 0 Å². The highest BCUT2D eigenvalue weighted by Crippen LogP contribution is 2.08. The van der Waals surface area contributed by atoms with E-state index in [2.05, 4.69) is 9.88 Å². The van der Waals surface area contributed by atoms with Gasteiger partial charge in [0.2, 0.25) is 5.91 Å². The summed E-state index contributed by atoms with van der Waals surface area (Å²) in [6, 6.07) is 3.31. The lowest BCUT2D eigenvalue weighted by atomic mass is 10.2. The Balaban J connectivity index is 1.87. The summed E-state index contributed by atoms with van der Waals surface area (Å²) in [5.41, 5.74) is 6.51. The fourth-order valence-corrected chi connectivity index (χ4v) is 2.14. The topological polar surface area (TPSA) is 82.8 Å². The van der Waals surface area contributed by atoms with Gasteiger partial charge in [-0.05, 0) is 12.1 Å². The summed E-state index contributed by atoms with van der Waals surface area (Å²) in [6.45, 7) is 2.99. The van der Waals surface area contributed by atoms with Gasteiger partial charge in [0, 0.05) is 40.3 Å². The van der Waals surface area contributed by atoms with Gasteiger partial charge in [0.1, 0.15) is 5.69 Å². The number of amides is 2. The molecule has 1 aliphatic heterocycles. The number of carbonyl (C=O) groups is 2. The van der Waals surface area contributed by atoms with Gasteiger partial charge in [0.15, 0.2) is 0 Å². The van der Waals surface area contributed by atoms with E-state index in [-0.39, 0.29) is 11.8 Å². The SMILES string of the molecule is CN(C)C(=O)CN1CCN(C(=O)c2ccc(N)cn2)CC1. The van der Waals surface area contributed by atoms with E-state index in [1.165, 1.54) is 6.20 Å². The number of nitrogens with two attached hydrogens (primary N) is 1. The highest BCUT2D eigenvalue weighted by molar-refractivity contribution is 5.92. The second-order valence-corrected chi connectivity index (χ2v) is 5.33. The minimum atomic E-state index is -0.0893. The number of piperazine rings is 1. The van der Waals surface area contributed by atoms with Crippen molar-refractivity contribution in [2.75, 3.05) is 52.6 Å². The van der Waals surface area contributed by atoms with Gasteiger partial charge in [0.25, 0.3) is 5.91 Å². The molecule has 2 rings (SSSR count). The summed E-state index contributed by atoms with van der Waals surface area (Å²) in [5, 5.41) is 0. The van der Waals surface area contributed by atoms with Crippen LogP contribution >= 0.6 is 0 Å². The third-order valence-corrected chi connectivity index (χ3v) is 3.52. The Morgan fingerprint density at radius 2 is 1.90 bits per heavy atom. The van der Waals surface area contributed by atoms with E-state index in [4.69, 9.17) is 5.73 Å². The van der Waals surface area contributed by atoms with Crippen LogP contribution in [0.1, 0.15) is 10.5 Å². The number of anilines is 1. The second-order valence-electron chi connectivity index (χ2n) is 5.33. The Hall–Kier alpha value is -2.15. The maximum atomic E-state index is 12.3. The molecule has 2 N–H and O–H groups in total. The van der Waals surface area contributed by atoms with Crippen LogP contribution in [-0.2, 0) is 4.79 Å². The second kappa shape index (κ2) is 6.53. The van der Waals surface area contributed by atoms with E-state index in [0.29, 0.717) is 44.1 Å². The van der Waals surface area contributed by atoms with Gasteiger partial charge in [0.05, 0.1) is 18.4 Å². The lowest BCUT2D eigenvalue weighted by molar-refractivity contribution is -0.130. The molecule has 0 spiro atoms. The molecule has 1 aromatic rings. The zero-order valence-electron chi connectivity index (χ0n) is 12.5. The molecule has 7 heteroatoms. The Labute approximate surface area is 124 Å². The summed E-state index contributed by atoms with van der Waals surface area (Å²) in [6.07, 6.45) is 1.49. The number of nitrogens with zero attached hydrogens (tertiary/aromatic N) is 4. The maximum absolute atomic E-state index is 12.3. The summed E-state index contributed by atoms with van der Waals surface area (Å²) >= 11 is 0. The molecule has 1 fully saturated rings. The van der Waals surface area contributed by atoms with E-state index in [9.17, 15) is 9.59 Å². The Morgan fingerprint density at radius 1 is 1.24 bits per heavy atom. The third kappa shape index (κ3) is 3.91. The van der Waals surface area contributed by atoms with Gasteiger partial charge in [-0.15, -0.1) is 0 Å². The first-order chi connectivity index (χ1) is 9.97. The summed E-state index contributed by atoms with van der Waals surface area (Å²) in [4.78, 5) is 33.4. The molecular weight excluding hydrogens is 270 g/mol. The number of pyridine rings is 1. The minimum absolute atomic E-state index is 0.0787. The Bertz CT molecular complexity index is 507. The fraction of sp³-hybridized carbons (Fsp3) is 0.500. The third-order valence-electron chi connectivity index (χ3n) is 3.52. The molecule has 114 valence electrons. The average Bonchev–Trinajstić information content (AvgIpc) is 2.48. The fourth-order valence-electron chi connectivity index (χ4n) is 2.14. The van der Waals surface area contributed by atoms with Crippen LogP contribution < -0.4 is 5.73 Å². The van der Waals surface area contributed by atoms with Crippen molar-refractivity contribution in [3.8, 4) is 0 Å². The van der Waals surface area contributed by atoms with Gasteiger partial charge < -0.3 is 15.5 Å². The molecule has 0 aromatic carbocycles. The first-order valence-corrected chi connectivity index (χ1v) is 6.90. The highest BCUT2D eigenvalue weighted by Gasteiger charge is 2.24. The van der Waals surface area contributed by atoms with Crippen molar-refractivity contribution in [3.05, 3.63) is 24.0 Å². The van der Waals surface area contributed by atoms with Crippen LogP contribution in [0.2, 0.25) is 0 Å². The predicted octanol–water partition coefficient (Wildman–Crippen LogP) is -0.490. The van der Waals surface area contributed by atoms with Gasteiger partial charge in [-0.25, -0.2) is 4.98 Å². The first-order valence-electron chi connectivity index (χ1n) is 6.90. The van der Waals surface area contributed by atoms with E-state index in [0.717, 1.165) is 0 Å². The lowest BCUT2D eigenvalue weighted by Crippen LogP contribution is -2.51. The molecule has 1 aromatic heterocycles. The molecule has 0 aliphatic carbocycles. The normalized spacial score (nSPS) is 15.8. The maximum Gasteiger partial charge on any atom is 0.272 e. The van der Waals surface area contributed by atoms with E-state index >= 15 is 0 Å². The molecule has 1 saturated heterocycles. The smallest absolute Gasteiger partial charge is 0.272 e. The first kappa shape index (κ1) is 15.2. The van der Waals surface area contributed by atoms with Gasteiger partial charge in [-0.1, -0.05) is 0 Å². The van der Waals surface area contributed by atoms with Crippen molar-refractivity contribution >= 4 is 17.5 Å². The van der Waals surface area contributed by atoms with Crippen molar-refractivity contribution in [1.82, 2.24) is 19.7 Å². The zero-order valence-corrected chi connectivity index (χ0v) is 12.5. The number of hydrogen-bond donors (Lipinski definition) is 1. The van der Waals surface area contributed by atoms with Crippen molar-refractivity contribution in [2.24, 2.45) is 0 Å². The monoisotopic (exact) mass is 291 g/mol. The number of rotatable bonds is 3. The molecule has 0 radical (unpaired) electrons. The van der Waals surface area contributed by atoms with Crippen molar-refractivity contribution < 1.29 is 9.59 Å². The molecular formula is C14H21N5O2. The Kier molecular flexibility index (Phi) is 4.74. The van der Waals surface area contributed by atoms with E-state index in [1.807, 2.05) is 0 Å². The molecule has 0 saturated carbocycles. The molecule has 0 bridgehead atoms. The molecule has 21 heavy (non-hydrogen) atoms. The van der Waals surface area contributed by atoms with Gasteiger partial charge >= 0.3 is 0 Å². The van der Waals surface area contributed by atoms with E-state index < -0.39 is 0 Å². The molecule has 2 amide bonds. The largest absolute Gasteiger partial charge is 0.397 e. The van der Waals surface area contributed by atoms with Crippen LogP contribution in [0.5, 0.6) is 0 Å². The van der Waals surface area contributed by atoms with Crippen LogP contribution in [0.4, 0.5) is 5.69 Å². The molecule has 2 heterocycles. The molecule has 0 atom stereocenters. The van der Waals surface area contributed by atoms with Crippen molar-refractivity contribution in [3.63, 3.8) is 0 Å². The van der Waals surface area contributed by atoms with Crippen LogP contribution in [0.3, 0.4) is 0 Å². The van der Waals surface area contributed by atoms with E-state index in [1.54, 1.807) is 36.0 Å². The number of likely N-dealkylation sites (N-methyl/N-ethyl adjacent to an activating group) is 1. The standard InChI is InChI=1S/C14H21N5O2/c1-17(2)13(20)10-18-5-7-19(8-6-18)14(21)12-4-3-11(15)9-16-12/h3-4,9H,5-8,10,15H2,1-2H3. The number of nitrogen functional groups attached to an aromatic ring is 1. The number of carbonyl (C=O) groups excluding carboxylic acids is 2. The van der Waals surface area contributed by atoms with Crippen LogP contribution in [0.15, 0.2) is 18.3 Å². The van der Waals surface area contributed by atoms with Gasteiger partial charge in [-0.2, -0.15) is 0 Å². The average molecular weight is 291 g/mol. The molecule has 1 aliphatic rings. The summed E-state index contributed by atoms with van der Waals surface area (Å²) in [7, 11) is 3.49. The Morgan fingerprint density at radius 3 is 2.43 bits per heavy atom. The summed E-state index contributed by atoms with van der Waals surface area (Å²) < 4.78 is 0. The zero-order chi connectivity index (χ0) is 15.4. The summed E-state index contributed by atoms with van der Waals surface area (Å²) in [5.74, 6) is -0.0106. The quantitative estimate of drug-likeness (QED) is 0.812. The van der Waals surface area contributed by atoms with Crippen LogP contribution in [0, 0.1) is 0 Å². The highest BCUT2D eigenvalue weighted by atomic mass is 16.2. The molecule has 7 nitrogen and oxygen atoms in total. The predicted molar refractivity (Wildman–Crippen MR) is 79.7 cm³/mol. The number of hydrogen-bond acceptors (Lipinski definition) is 5. The van der Waals surface area contributed by atoms with Gasteiger partial charge in [-0.3, -0.25) is 14.5 Å². The van der Waals surface area contributed by atoms with Crippen molar-refractivity contribution in [2.45, 2.75) is 0 Å². The lowest BCUT2D eigenvalue weighted by Gasteiger charge is -2.34.